The summed E-state index contributed by atoms with van der Waals surface area (Å²) in [5.74, 6) is 0. The lowest BCUT2D eigenvalue weighted by atomic mass is 10.1. The first-order valence-electron chi connectivity index (χ1n) is 6.66. The second-order valence-corrected chi connectivity index (χ2v) is 4.94. The fraction of sp³-hybridized carbons (Fsp3) is 0.533. The summed E-state index contributed by atoms with van der Waals surface area (Å²) in [4.78, 5) is 4.62. The van der Waals surface area contributed by atoms with Gasteiger partial charge in [0.05, 0.1) is 12.6 Å². The smallest absolute Gasteiger partial charge is 0.0866 e. The van der Waals surface area contributed by atoms with Crippen LogP contribution in [0.15, 0.2) is 24.3 Å². The van der Waals surface area contributed by atoms with E-state index in [1.54, 1.807) is 0 Å². The van der Waals surface area contributed by atoms with Gasteiger partial charge in [-0.05, 0) is 31.5 Å². The molecule has 2 rings (SSSR count). The maximum atomic E-state index is 8.76. The molecule has 3 heteroatoms. The first-order chi connectivity index (χ1) is 8.76. The van der Waals surface area contributed by atoms with E-state index in [1.165, 1.54) is 11.3 Å². The Hall–Kier alpha value is -1.53. The van der Waals surface area contributed by atoms with Gasteiger partial charge < -0.3 is 4.90 Å². The number of rotatable bonds is 4. The van der Waals surface area contributed by atoms with Crippen LogP contribution in [-0.2, 0) is 6.42 Å². The van der Waals surface area contributed by atoms with E-state index in [-0.39, 0.29) is 0 Å². The first-order valence-corrected chi connectivity index (χ1v) is 6.66. The fourth-order valence-electron chi connectivity index (χ4n) is 2.68. The summed E-state index contributed by atoms with van der Waals surface area (Å²) in [6.45, 7) is 4.86. The van der Waals surface area contributed by atoms with Crippen molar-refractivity contribution in [2.24, 2.45) is 0 Å². The van der Waals surface area contributed by atoms with Crippen molar-refractivity contribution in [1.82, 2.24) is 4.90 Å². The normalized spacial score (nSPS) is 19.2. The number of anilines is 1. The van der Waals surface area contributed by atoms with Crippen LogP contribution in [0, 0.1) is 11.3 Å². The SMILES string of the molecule is CCc1ccccc1N1CCC(N(C)CC#N)C1. The van der Waals surface area contributed by atoms with Crippen molar-refractivity contribution in [3.8, 4) is 6.07 Å². The molecule has 1 aliphatic rings. The summed E-state index contributed by atoms with van der Waals surface area (Å²) in [5.41, 5.74) is 2.79. The van der Waals surface area contributed by atoms with Crippen molar-refractivity contribution in [2.75, 3.05) is 31.6 Å². The summed E-state index contributed by atoms with van der Waals surface area (Å²) in [6, 6.07) is 11.4. The Labute approximate surface area is 110 Å². The van der Waals surface area contributed by atoms with Crippen LogP contribution in [0.5, 0.6) is 0 Å². The van der Waals surface area contributed by atoms with E-state index in [0.29, 0.717) is 12.6 Å². The molecule has 1 aliphatic heterocycles. The molecule has 0 aromatic heterocycles. The standard InChI is InChI=1S/C15H21N3/c1-3-13-6-4-5-7-15(13)18-10-8-14(12-18)17(2)11-9-16/h4-7,14H,3,8,10-12H2,1-2H3. The number of benzene rings is 1. The summed E-state index contributed by atoms with van der Waals surface area (Å²) in [5, 5.41) is 8.76. The third kappa shape index (κ3) is 2.65. The van der Waals surface area contributed by atoms with Crippen LogP contribution in [0.4, 0.5) is 5.69 Å². The molecule has 0 radical (unpaired) electrons. The van der Waals surface area contributed by atoms with Crippen LogP contribution >= 0.6 is 0 Å². The van der Waals surface area contributed by atoms with Crippen molar-refractivity contribution in [3.63, 3.8) is 0 Å². The quantitative estimate of drug-likeness (QED) is 0.760. The van der Waals surface area contributed by atoms with Crippen molar-refractivity contribution in [2.45, 2.75) is 25.8 Å². The first kappa shape index (κ1) is 12.9. The predicted molar refractivity (Wildman–Crippen MR) is 74.7 cm³/mol. The summed E-state index contributed by atoms with van der Waals surface area (Å²) in [7, 11) is 2.04. The maximum absolute atomic E-state index is 8.76. The van der Waals surface area contributed by atoms with Gasteiger partial charge in [-0.3, -0.25) is 4.90 Å². The monoisotopic (exact) mass is 243 g/mol. The van der Waals surface area contributed by atoms with Crippen LogP contribution in [0.3, 0.4) is 0 Å². The molecule has 1 saturated heterocycles. The molecular weight excluding hydrogens is 222 g/mol. The van der Waals surface area contributed by atoms with Crippen LogP contribution < -0.4 is 4.90 Å². The fourth-order valence-corrected chi connectivity index (χ4v) is 2.68. The van der Waals surface area contributed by atoms with E-state index in [4.69, 9.17) is 5.26 Å². The summed E-state index contributed by atoms with van der Waals surface area (Å²) in [6.07, 6.45) is 2.22. The van der Waals surface area contributed by atoms with Crippen molar-refractivity contribution >= 4 is 5.69 Å². The van der Waals surface area contributed by atoms with Gasteiger partial charge in [-0.2, -0.15) is 5.26 Å². The molecule has 1 aromatic carbocycles. The maximum Gasteiger partial charge on any atom is 0.0866 e. The highest BCUT2D eigenvalue weighted by molar-refractivity contribution is 5.54. The zero-order valence-electron chi connectivity index (χ0n) is 11.3. The Morgan fingerprint density at radius 3 is 2.94 bits per heavy atom. The Bertz CT molecular complexity index is 436. The third-order valence-corrected chi connectivity index (χ3v) is 3.82. The Morgan fingerprint density at radius 2 is 2.22 bits per heavy atom. The minimum Gasteiger partial charge on any atom is -0.370 e. The van der Waals surface area contributed by atoms with Gasteiger partial charge in [0.2, 0.25) is 0 Å². The molecule has 3 nitrogen and oxygen atoms in total. The molecule has 1 fully saturated rings. The average molecular weight is 243 g/mol. The number of aryl methyl sites for hydroxylation is 1. The molecule has 0 spiro atoms. The molecule has 1 heterocycles. The number of nitriles is 1. The van der Waals surface area contributed by atoms with E-state index in [1.807, 2.05) is 7.05 Å². The topological polar surface area (TPSA) is 30.3 Å². The Balaban J connectivity index is 2.07. The van der Waals surface area contributed by atoms with Crippen LogP contribution in [0.1, 0.15) is 18.9 Å². The lowest BCUT2D eigenvalue weighted by molar-refractivity contribution is 0.289. The molecule has 96 valence electrons. The predicted octanol–water partition coefficient (Wildman–Crippen LogP) is 2.28. The van der Waals surface area contributed by atoms with Gasteiger partial charge >= 0.3 is 0 Å². The minimum absolute atomic E-state index is 0.509. The van der Waals surface area contributed by atoms with Gasteiger partial charge in [-0.25, -0.2) is 0 Å². The van der Waals surface area contributed by atoms with E-state index < -0.39 is 0 Å². The minimum atomic E-state index is 0.509. The van der Waals surface area contributed by atoms with Gasteiger partial charge in [-0.15, -0.1) is 0 Å². The average Bonchev–Trinajstić information content (AvgIpc) is 2.88. The number of hydrogen-bond donors (Lipinski definition) is 0. The zero-order valence-corrected chi connectivity index (χ0v) is 11.3. The van der Waals surface area contributed by atoms with Gasteiger partial charge in [0.15, 0.2) is 0 Å². The lowest BCUT2D eigenvalue weighted by Gasteiger charge is -2.24. The van der Waals surface area contributed by atoms with E-state index in [9.17, 15) is 0 Å². The van der Waals surface area contributed by atoms with E-state index in [0.717, 1.165) is 25.9 Å². The third-order valence-electron chi connectivity index (χ3n) is 3.82. The largest absolute Gasteiger partial charge is 0.370 e. The molecule has 1 unspecified atom stereocenters. The summed E-state index contributed by atoms with van der Waals surface area (Å²) >= 11 is 0. The number of likely N-dealkylation sites (N-methyl/N-ethyl adjacent to an activating group) is 1. The summed E-state index contributed by atoms with van der Waals surface area (Å²) < 4.78 is 0. The molecular formula is C15H21N3. The van der Waals surface area contributed by atoms with Crippen molar-refractivity contribution < 1.29 is 0 Å². The molecule has 1 aromatic rings. The second kappa shape index (κ2) is 5.88. The Morgan fingerprint density at radius 1 is 1.44 bits per heavy atom. The zero-order chi connectivity index (χ0) is 13.0. The van der Waals surface area contributed by atoms with Gasteiger partial charge in [0.25, 0.3) is 0 Å². The van der Waals surface area contributed by atoms with Gasteiger partial charge in [0.1, 0.15) is 0 Å². The van der Waals surface area contributed by atoms with E-state index in [2.05, 4.69) is 47.1 Å². The molecule has 0 amide bonds. The van der Waals surface area contributed by atoms with Gasteiger partial charge in [-0.1, -0.05) is 25.1 Å². The molecule has 0 N–H and O–H groups in total. The number of para-hydroxylation sites is 1. The van der Waals surface area contributed by atoms with Crippen molar-refractivity contribution in [1.29, 1.82) is 5.26 Å². The highest BCUT2D eigenvalue weighted by Crippen LogP contribution is 2.26. The number of hydrogen-bond acceptors (Lipinski definition) is 3. The highest BCUT2D eigenvalue weighted by atomic mass is 15.2. The van der Waals surface area contributed by atoms with Crippen LogP contribution in [0.25, 0.3) is 0 Å². The van der Waals surface area contributed by atoms with Crippen molar-refractivity contribution in [3.05, 3.63) is 29.8 Å². The second-order valence-electron chi connectivity index (χ2n) is 4.94. The van der Waals surface area contributed by atoms with Crippen LogP contribution in [-0.4, -0.2) is 37.6 Å². The molecule has 18 heavy (non-hydrogen) atoms. The highest BCUT2D eigenvalue weighted by Gasteiger charge is 2.26. The Kier molecular flexibility index (Phi) is 4.22. The van der Waals surface area contributed by atoms with E-state index >= 15 is 0 Å². The molecule has 1 atom stereocenters. The van der Waals surface area contributed by atoms with Gasteiger partial charge in [0, 0.05) is 24.8 Å². The molecule has 0 bridgehead atoms. The molecule has 0 aliphatic carbocycles. The molecule has 0 saturated carbocycles. The van der Waals surface area contributed by atoms with Crippen LogP contribution in [0.2, 0.25) is 0 Å². The number of nitrogens with zero attached hydrogens (tertiary/aromatic N) is 3. The lowest BCUT2D eigenvalue weighted by Crippen LogP contribution is -2.34.